The minimum Gasteiger partial charge on any atom is -0.265 e. The third-order valence-electron chi connectivity index (χ3n) is 2.68. The summed E-state index contributed by atoms with van der Waals surface area (Å²) in [6, 6.07) is 8.52. The summed E-state index contributed by atoms with van der Waals surface area (Å²) in [5, 5.41) is 6.47. The van der Waals surface area contributed by atoms with Gasteiger partial charge in [-0.3, -0.25) is 5.01 Å². The van der Waals surface area contributed by atoms with Crippen LogP contribution in [0.25, 0.3) is 0 Å². The second-order valence-electron chi connectivity index (χ2n) is 3.85. The number of hydrazone groups is 1. The number of anilines is 1. The molecule has 0 spiro atoms. The molecule has 0 amide bonds. The van der Waals surface area contributed by atoms with Gasteiger partial charge in [-0.25, -0.2) is 0 Å². The van der Waals surface area contributed by atoms with E-state index in [4.69, 9.17) is 0 Å². The molecule has 1 heterocycles. The smallest absolute Gasteiger partial charge is 0.0594 e. The zero-order valence-electron chi connectivity index (χ0n) is 8.77. The molecule has 0 radical (unpaired) electrons. The molecule has 0 saturated heterocycles. The summed E-state index contributed by atoms with van der Waals surface area (Å²) < 4.78 is 0. The highest BCUT2D eigenvalue weighted by molar-refractivity contribution is 5.68. The van der Waals surface area contributed by atoms with E-state index in [1.54, 1.807) is 0 Å². The lowest BCUT2D eigenvalue weighted by molar-refractivity contribution is 0.690. The zero-order valence-corrected chi connectivity index (χ0v) is 8.77. The summed E-state index contributed by atoms with van der Waals surface area (Å²) in [7, 11) is 0. The Balaban J connectivity index is 2.11. The van der Waals surface area contributed by atoms with E-state index >= 15 is 0 Å². The molecule has 0 fully saturated rings. The van der Waals surface area contributed by atoms with Crippen LogP contribution < -0.4 is 5.01 Å². The van der Waals surface area contributed by atoms with Gasteiger partial charge in [0.15, 0.2) is 0 Å². The van der Waals surface area contributed by atoms with Gasteiger partial charge in [-0.1, -0.05) is 24.6 Å². The van der Waals surface area contributed by atoms with Crippen molar-refractivity contribution >= 4 is 11.9 Å². The minimum absolute atomic E-state index is 0.622. The molecule has 1 atom stereocenters. The molecule has 0 bridgehead atoms. The van der Waals surface area contributed by atoms with Crippen molar-refractivity contribution in [3.8, 4) is 0 Å². The summed E-state index contributed by atoms with van der Waals surface area (Å²) in [5.41, 5.74) is 2.49. The fourth-order valence-electron chi connectivity index (χ4n) is 1.61. The molecular formula is C12H16N2. The Morgan fingerprint density at radius 2 is 2.07 bits per heavy atom. The van der Waals surface area contributed by atoms with Crippen molar-refractivity contribution in [3.63, 3.8) is 0 Å². The van der Waals surface area contributed by atoms with E-state index in [0.29, 0.717) is 5.92 Å². The molecule has 1 aliphatic heterocycles. The second-order valence-corrected chi connectivity index (χ2v) is 3.85. The number of hydrogen-bond acceptors (Lipinski definition) is 2. The van der Waals surface area contributed by atoms with Crippen LogP contribution in [0.2, 0.25) is 0 Å². The van der Waals surface area contributed by atoms with Crippen LogP contribution in [0.1, 0.15) is 18.9 Å². The Bertz CT molecular complexity index is 327. The molecule has 2 nitrogen and oxygen atoms in total. The maximum atomic E-state index is 4.40. The summed E-state index contributed by atoms with van der Waals surface area (Å²) in [4.78, 5) is 0. The summed E-state index contributed by atoms with van der Waals surface area (Å²) >= 11 is 0. The van der Waals surface area contributed by atoms with Crippen LogP contribution in [0.3, 0.4) is 0 Å². The monoisotopic (exact) mass is 188 g/mol. The van der Waals surface area contributed by atoms with E-state index in [1.807, 2.05) is 0 Å². The Labute approximate surface area is 85.2 Å². The lowest BCUT2D eigenvalue weighted by Crippen LogP contribution is -2.16. The van der Waals surface area contributed by atoms with Crippen molar-refractivity contribution in [1.29, 1.82) is 0 Å². The second kappa shape index (κ2) is 3.82. The lowest BCUT2D eigenvalue weighted by Gasteiger charge is -2.15. The van der Waals surface area contributed by atoms with E-state index in [9.17, 15) is 0 Å². The Hall–Kier alpha value is -1.31. The average Bonchev–Trinajstić information content (AvgIpc) is 2.67. The SMILES string of the molecule is CCC1C=NN(c2ccc(C)cc2)C1. The third kappa shape index (κ3) is 1.79. The van der Waals surface area contributed by atoms with Crippen LogP contribution in [0, 0.1) is 12.8 Å². The van der Waals surface area contributed by atoms with Gasteiger partial charge < -0.3 is 0 Å². The molecular weight excluding hydrogens is 172 g/mol. The first-order valence-electron chi connectivity index (χ1n) is 5.18. The van der Waals surface area contributed by atoms with E-state index < -0.39 is 0 Å². The van der Waals surface area contributed by atoms with Crippen LogP contribution in [0.4, 0.5) is 5.69 Å². The maximum Gasteiger partial charge on any atom is 0.0594 e. The molecule has 1 aromatic carbocycles. The number of rotatable bonds is 2. The molecule has 1 aliphatic rings. The fourth-order valence-corrected chi connectivity index (χ4v) is 1.61. The van der Waals surface area contributed by atoms with Crippen molar-refractivity contribution in [2.45, 2.75) is 20.3 Å². The topological polar surface area (TPSA) is 15.6 Å². The largest absolute Gasteiger partial charge is 0.265 e. The van der Waals surface area contributed by atoms with Gasteiger partial charge >= 0.3 is 0 Å². The van der Waals surface area contributed by atoms with Crippen LogP contribution in [-0.2, 0) is 0 Å². The zero-order chi connectivity index (χ0) is 9.97. The third-order valence-corrected chi connectivity index (χ3v) is 2.68. The predicted octanol–water partition coefficient (Wildman–Crippen LogP) is 2.83. The molecule has 0 aliphatic carbocycles. The number of benzene rings is 1. The first-order valence-corrected chi connectivity index (χ1v) is 5.18. The Kier molecular flexibility index (Phi) is 2.53. The van der Waals surface area contributed by atoms with Gasteiger partial charge in [0.2, 0.25) is 0 Å². The van der Waals surface area contributed by atoms with E-state index in [1.165, 1.54) is 17.7 Å². The number of nitrogens with zero attached hydrogens (tertiary/aromatic N) is 2. The molecule has 14 heavy (non-hydrogen) atoms. The highest BCUT2D eigenvalue weighted by Crippen LogP contribution is 2.21. The molecule has 0 N–H and O–H groups in total. The van der Waals surface area contributed by atoms with E-state index in [0.717, 1.165) is 6.54 Å². The molecule has 74 valence electrons. The van der Waals surface area contributed by atoms with Gasteiger partial charge in [0.25, 0.3) is 0 Å². The van der Waals surface area contributed by atoms with Crippen LogP contribution in [-0.4, -0.2) is 12.8 Å². The van der Waals surface area contributed by atoms with Gasteiger partial charge in [-0.2, -0.15) is 5.10 Å². The van der Waals surface area contributed by atoms with Gasteiger partial charge in [0, 0.05) is 18.7 Å². The first-order chi connectivity index (χ1) is 6.79. The summed E-state index contributed by atoms with van der Waals surface area (Å²) in [6.45, 7) is 5.33. The normalized spacial score (nSPS) is 20.4. The van der Waals surface area contributed by atoms with Crippen molar-refractivity contribution in [3.05, 3.63) is 29.8 Å². The predicted molar refractivity (Wildman–Crippen MR) is 60.8 cm³/mol. The van der Waals surface area contributed by atoms with Crippen molar-refractivity contribution in [2.75, 3.05) is 11.6 Å². The minimum atomic E-state index is 0.622. The maximum absolute atomic E-state index is 4.40. The van der Waals surface area contributed by atoms with E-state index in [-0.39, 0.29) is 0 Å². The molecule has 2 heteroatoms. The summed E-state index contributed by atoms with van der Waals surface area (Å²) in [5.74, 6) is 0.622. The van der Waals surface area contributed by atoms with Crippen molar-refractivity contribution in [1.82, 2.24) is 0 Å². The quantitative estimate of drug-likeness (QED) is 0.696. The fraction of sp³-hybridized carbons (Fsp3) is 0.417. The molecule has 2 rings (SSSR count). The average molecular weight is 188 g/mol. The molecule has 0 saturated carbocycles. The van der Waals surface area contributed by atoms with Crippen LogP contribution in [0.15, 0.2) is 29.4 Å². The Morgan fingerprint density at radius 1 is 1.36 bits per heavy atom. The first kappa shape index (κ1) is 9.25. The van der Waals surface area contributed by atoms with Crippen LogP contribution >= 0.6 is 0 Å². The number of hydrogen-bond donors (Lipinski definition) is 0. The van der Waals surface area contributed by atoms with Crippen molar-refractivity contribution in [2.24, 2.45) is 11.0 Å². The highest BCUT2D eigenvalue weighted by Gasteiger charge is 2.16. The molecule has 0 aromatic heterocycles. The highest BCUT2D eigenvalue weighted by atomic mass is 15.5. The van der Waals surface area contributed by atoms with E-state index in [2.05, 4.69) is 54.4 Å². The number of aryl methyl sites for hydroxylation is 1. The standard InChI is InChI=1S/C12H16N2/c1-3-11-8-13-14(9-11)12-6-4-10(2)5-7-12/h4-8,11H,3,9H2,1-2H3. The van der Waals surface area contributed by atoms with Crippen molar-refractivity contribution < 1.29 is 0 Å². The van der Waals surface area contributed by atoms with Gasteiger partial charge in [0.05, 0.1) is 5.69 Å². The molecule has 1 unspecified atom stereocenters. The summed E-state index contributed by atoms with van der Waals surface area (Å²) in [6.07, 6.45) is 3.23. The van der Waals surface area contributed by atoms with Gasteiger partial charge in [-0.05, 0) is 25.5 Å². The Morgan fingerprint density at radius 3 is 2.64 bits per heavy atom. The van der Waals surface area contributed by atoms with Gasteiger partial charge in [0.1, 0.15) is 0 Å². The lowest BCUT2D eigenvalue weighted by atomic mass is 10.1. The van der Waals surface area contributed by atoms with Crippen LogP contribution in [0.5, 0.6) is 0 Å². The van der Waals surface area contributed by atoms with Gasteiger partial charge in [-0.15, -0.1) is 0 Å². The molecule has 1 aromatic rings.